The normalized spacial score (nSPS) is 15.0. The van der Waals surface area contributed by atoms with Gasteiger partial charge in [0.2, 0.25) is 0 Å². The van der Waals surface area contributed by atoms with Crippen LogP contribution >= 0.6 is 0 Å². The second-order valence-corrected chi connectivity index (χ2v) is 7.87. The van der Waals surface area contributed by atoms with Crippen LogP contribution in [0.1, 0.15) is 36.8 Å². The summed E-state index contributed by atoms with van der Waals surface area (Å²) in [4.78, 5) is 25.2. The number of aryl methyl sites for hydroxylation is 2. The number of aliphatic hydroxyl groups is 1. The highest BCUT2D eigenvalue weighted by atomic mass is 16.5. The van der Waals surface area contributed by atoms with Crippen LogP contribution in [0, 0.1) is 6.92 Å². The van der Waals surface area contributed by atoms with Crippen molar-refractivity contribution in [1.29, 1.82) is 0 Å². The Bertz CT molecular complexity index is 920. The second kappa shape index (κ2) is 12.0. The average Bonchev–Trinajstić information content (AvgIpc) is 2.75. The molecule has 1 saturated carbocycles. The van der Waals surface area contributed by atoms with Gasteiger partial charge in [0.15, 0.2) is 0 Å². The van der Waals surface area contributed by atoms with Crippen LogP contribution < -0.4 is 11.2 Å². The molecule has 0 radical (unpaired) electrons. The van der Waals surface area contributed by atoms with E-state index in [1.165, 1.54) is 11.0 Å². The lowest BCUT2D eigenvalue weighted by atomic mass is 9.96. The summed E-state index contributed by atoms with van der Waals surface area (Å²) >= 11 is 0. The van der Waals surface area contributed by atoms with Crippen LogP contribution in [0.2, 0.25) is 0 Å². The van der Waals surface area contributed by atoms with Gasteiger partial charge in [0.05, 0.1) is 38.6 Å². The van der Waals surface area contributed by atoms with Gasteiger partial charge in [0, 0.05) is 18.3 Å². The Kier molecular flexibility index (Phi) is 9.02. The third-order valence-electron chi connectivity index (χ3n) is 5.48. The minimum atomic E-state index is -0.436. The highest BCUT2D eigenvalue weighted by Crippen LogP contribution is 2.21. The molecule has 1 aromatic heterocycles. The van der Waals surface area contributed by atoms with Gasteiger partial charge in [-0.1, -0.05) is 30.3 Å². The van der Waals surface area contributed by atoms with Crippen molar-refractivity contribution >= 4 is 0 Å². The molecular weight excluding hydrogens is 400 g/mol. The molecule has 31 heavy (non-hydrogen) atoms. The molecule has 8 heteroatoms. The summed E-state index contributed by atoms with van der Waals surface area (Å²) in [6, 6.07) is 9.57. The third kappa shape index (κ3) is 6.87. The SMILES string of the molecule is Cc1cn(CC[C@@H](CO)OCCOC2CCC2)c(=O)n(COCc2ccccc2)c1=O. The Balaban J connectivity index is 1.53. The molecule has 0 bridgehead atoms. The van der Waals surface area contributed by atoms with Crippen LogP contribution in [0.5, 0.6) is 0 Å². The minimum Gasteiger partial charge on any atom is -0.394 e. The monoisotopic (exact) mass is 432 g/mol. The Morgan fingerprint density at radius 3 is 2.61 bits per heavy atom. The molecule has 3 rings (SSSR count). The van der Waals surface area contributed by atoms with Gasteiger partial charge in [0.1, 0.15) is 6.73 Å². The summed E-state index contributed by atoms with van der Waals surface area (Å²) in [6.45, 7) is 2.96. The molecule has 0 unspecified atom stereocenters. The van der Waals surface area contributed by atoms with Gasteiger partial charge in [-0.2, -0.15) is 0 Å². The van der Waals surface area contributed by atoms with Gasteiger partial charge in [-0.25, -0.2) is 9.36 Å². The van der Waals surface area contributed by atoms with E-state index < -0.39 is 11.8 Å². The Hall–Kier alpha value is -2.26. The lowest BCUT2D eigenvalue weighted by molar-refractivity contribution is -0.0584. The second-order valence-electron chi connectivity index (χ2n) is 7.87. The molecule has 1 atom stereocenters. The van der Waals surface area contributed by atoms with Crippen molar-refractivity contribution in [2.24, 2.45) is 0 Å². The van der Waals surface area contributed by atoms with Crippen molar-refractivity contribution in [1.82, 2.24) is 9.13 Å². The smallest absolute Gasteiger partial charge is 0.332 e. The molecule has 1 heterocycles. The van der Waals surface area contributed by atoms with Crippen molar-refractivity contribution in [2.75, 3.05) is 19.8 Å². The topological polar surface area (TPSA) is 91.9 Å². The largest absolute Gasteiger partial charge is 0.394 e. The lowest BCUT2D eigenvalue weighted by Gasteiger charge is -2.26. The van der Waals surface area contributed by atoms with Gasteiger partial charge >= 0.3 is 5.69 Å². The van der Waals surface area contributed by atoms with Gasteiger partial charge in [-0.3, -0.25) is 9.36 Å². The fraction of sp³-hybridized carbons (Fsp3) is 0.565. The van der Waals surface area contributed by atoms with Crippen LogP contribution in [-0.4, -0.2) is 46.3 Å². The Morgan fingerprint density at radius 1 is 1.16 bits per heavy atom. The summed E-state index contributed by atoms with van der Waals surface area (Å²) in [5.41, 5.74) is 0.622. The standard InChI is InChI=1S/C23H32N2O6/c1-18-14-24(11-10-21(15-26)31-13-12-30-20-8-5-9-20)23(28)25(22(18)27)17-29-16-19-6-3-2-4-7-19/h2-4,6-7,14,20-21,26H,5,8-13,15-17H2,1H3/t21-/m0/s1. The van der Waals surface area contributed by atoms with Crippen molar-refractivity contribution in [2.45, 2.75) is 64.7 Å². The van der Waals surface area contributed by atoms with E-state index in [2.05, 4.69) is 0 Å². The summed E-state index contributed by atoms with van der Waals surface area (Å²) < 4.78 is 19.5. The maximum atomic E-state index is 12.8. The molecule has 8 nitrogen and oxygen atoms in total. The number of hydrogen-bond acceptors (Lipinski definition) is 6. The molecule has 2 aromatic rings. The molecular formula is C23H32N2O6. The fourth-order valence-electron chi connectivity index (χ4n) is 3.38. The van der Waals surface area contributed by atoms with E-state index in [-0.39, 0.29) is 18.9 Å². The molecule has 1 aliphatic carbocycles. The third-order valence-corrected chi connectivity index (χ3v) is 5.48. The number of ether oxygens (including phenoxy) is 3. The zero-order chi connectivity index (χ0) is 22.1. The van der Waals surface area contributed by atoms with Crippen molar-refractivity contribution in [3.8, 4) is 0 Å². The van der Waals surface area contributed by atoms with Gasteiger partial charge in [0.25, 0.3) is 5.56 Å². The summed E-state index contributed by atoms with van der Waals surface area (Å²) in [5, 5.41) is 9.59. The number of nitrogens with zero attached hydrogens (tertiary/aromatic N) is 2. The lowest BCUT2D eigenvalue weighted by Crippen LogP contribution is -2.41. The molecule has 1 aromatic carbocycles. The highest BCUT2D eigenvalue weighted by Gasteiger charge is 2.18. The van der Waals surface area contributed by atoms with E-state index in [1.54, 1.807) is 13.1 Å². The first-order valence-corrected chi connectivity index (χ1v) is 10.8. The first kappa shape index (κ1) is 23.4. The van der Waals surface area contributed by atoms with Crippen LogP contribution in [0.3, 0.4) is 0 Å². The zero-order valence-electron chi connectivity index (χ0n) is 18.1. The fourth-order valence-corrected chi connectivity index (χ4v) is 3.38. The Labute approximate surface area is 182 Å². The van der Waals surface area contributed by atoms with E-state index in [0.29, 0.717) is 44.5 Å². The summed E-state index contributed by atoms with van der Waals surface area (Å²) in [5.74, 6) is 0. The number of benzene rings is 1. The van der Waals surface area contributed by atoms with E-state index >= 15 is 0 Å². The molecule has 1 aliphatic rings. The Morgan fingerprint density at radius 2 is 1.94 bits per heavy atom. The predicted octanol–water partition coefficient (Wildman–Crippen LogP) is 1.83. The number of aromatic nitrogens is 2. The number of hydrogen-bond donors (Lipinski definition) is 1. The number of aliphatic hydroxyl groups excluding tert-OH is 1. The summed E-state index contributed by atoms with van der Waals surface area (Å²) in [6.07, 6.45) is 5.38. The van der Waals surface area contributed by atoms with Crippen molar-refractivity contribution in [3.05, 3.63) is 68.5 Å². The molecule has 1 N–H and O–H groups in total. The molecule has 0 amide bonds. The van der Waals surface area contributed by atoms with Crippen molar-refractivity contribution < 1.29 is 19.3 Å². The van der Waals surface area contributed by atoms with E-state index in [1.807, 2.05) is 30.3 Å². The van der Waals surface area contributed by atoms with Crippen LogP contribution in [0.15, 0.2) is 46.1 Å². The highest BCUT2D eigenvalue weighted by molar-refractivity contribution is 5.13. The average molecular weight is 433 g/mol. The quantitative estimate of drug-likeness (QED) is 0.486. The first-order chi connectivity index (χ1) is 15.1. The van der Waals surface area contributed by atoms with Gasteiger partial charge in [-0.15, -0.1) is 0 Å². The van der Waals surface area contributed by atoms with Crippen LogP contribution in [-0.2, 0) is 34.1 Å². The molecule has 170 valence electrons. The van der Waals surface area contributed by atoms with Gasteiger partial charge in [-0.05, 0) is 38.2 Å². The first-order valence-electron chi connectivity index (χ1n) is 10.8. The minimum absolute atomic E-state index is 0.118. The molecule has 0 spiro atoms. The van der Waals surface area contributed by atoms with E-state index in [9.17, 15) is 14.7 Å². The van der Waals surface area contributed by atoms with Crippen molar-refractivity contribution in [3.63, 3.8) is 0 Å². The molecule has 1 fully saturated rings. The number of rotatable bonds is 13. The molecule has 0 saturated heterocycles. The van der Waals surface area contributed by atoms with Gasteiger partial charge < -0.3 is 19.3 Å². The summed E-state index contributed by atoms with van der Waals surface area (Å²) in [7, 11) is 0. The zero-order valence-corrected chi connectivity index (χ0v) is 18.1. The maximum absolute atomic E-state index is 12.8. The maximum Gasteiger partial charge on any atom is 0.332 e. The molecule has 0 aliphatic heterocycles. The van der Waals surface area contributed by atoms with Crippen LogP contribution in [0.25, 0.3) is 0 Å². The van der Waals surface area contributed by atoms with E-state index in [4.69, 9.17) is 14.2 Å². The predicted molar refractivity (Wildman–Crippen MR) is 116 cm³/mol. The van der Waals surface area contributed by atoms with Crippen LogP contribution in [0.4, 0.5) is 0 Å². The van der Waals surface area contributed by atoms with E-state index in [0.717, 1.165) is 23.0 Å².